The van der Waals surface area contributed by atoms with Crippen molar-refractivity contribution in [1.29, 1.82) is 0 Å². The Kier molecular flexibility index (Phi) is 6.64. The standard InChI is InChI=1S/C21H28N6O2/c1-4-25(5-2)18-8-6-17(7-9-18)22-21(29)19-10-11-20(24-23-19)27-14-12-26(13-15-27)16(3)28/h6-11H,4-5,12-15H2,1-3H3,(H,22,29). The van der Waals surface area contributed by atoms with Gasteiger partial charge in [0.1, 0.15) is 0 Å². The second kappa shape index (κ2) is 9.36. The monoisotopic (exact) mass is 396 g/mol. The van der Waals surface area contributed by atoms with Gasteiger partial charge in [0.2, 0.25) is 5.91 Å². The Hall–Kier alpha value is -3.16. The van der Waals surface area contributed by atoms with Crippen LogP contribution in [0, 0.1) is 0 Å². The molecule has 1 aromatic carbocycles. The van der Waals surface area contributed by atoms with Gasteiger partial charge < -0.3 is 20.0 Å². The number of hydrogen-bond acceptors (Lipinski definition) is 6. The molecule has 2 aromatic rings. The van der Waals surface area contributed by atoms with Crippen molar-refractivity contribution in [2.24, 2.45) is 0 Å². The second-order valence-electron chi connectivity index (χ2n) is 6.94. The van der Waals surface area contributed by atoms with Gasteiger partial charge in [-0.3, -0.25) is 9.59 Å². The Morgan fingerprint density at radius 1 is 0.966 bits per heavy atom. The molecule has 3 rings (SSSR count). The lowest BCUT2D eigenvalue weighted by molar-refractivity contribution is -0.129. The molecule has 0 saturated carbocycles. The van der Waals surface area contributed by atoms with Gasteiger partial charge in [-0.25, -0.2) is 0 Å². The van der Waals surface area contributed by atoms with Gasteiger partial charge in [0.25, 0.3) is 5.91 Å². The van der Waals surface area contributed by atoms with Crippen molar-refractivity contribution in [3.63, 3.8) is 0 Å². The smallest absolute Gasteiger partial charge is 0.276 e. The van der Waals surface area contributed by atoms with E-state index in [2.05, 4.69) is 39.2 Å². The molecule has 8 nitrogen and oxygen atoms in total. The Morgan fingerprint density at radius 3 is 2.14 bits per heavy atom. The summed E-state index contributed by atoms with van der Waals surface area (Å²) in [7, 11) is 0. The van der Waals surface area contributed by atoms with Gasteiger partial charge in [0.15, 0.2) is 11.5 Å². The number of anilines is 3. The average molecular weight is 396 g/mol. The van der Waals surface area contributed by atoms with E-state index in [0.717, 1.165) is 24.5 Å². The first kappa shape index (κ1) is 20.6. The van der Waals surface area contributed by atoms with Gasteiger partial charge in [-0.2, -0.15) is 0 Å². The first-order valence-electron chi connectivity index (χ1n) is 10.0. The molecule has 0 atom stereocenters. The fourth-order valence-corrected chi connectivity index (χ4v) is 3.40. The van der Waals surface area contributed by atoms with Gasteiger partial charge in [-0.15, -0.1) is 10.2 Å². The third-order valence-electron chi connectivity index (χ3n) is 5.19. The van der Waals surface area contributed by atoms with Crippen LogP contribution in [0.25, 0.3) is 0 Å². The normalized spacial score (nSPS) is 13.9. The number of benzene rings is 1. The zero-order valence-electron chi connectivity index (χ0n) is 17.3. The number of aromatic nitrogens is 2. The predicted octanol–water partition coefficient (Wildman–Crippen LogP) is 2.24. The van der Waals surface area contributed by atoms with E-state index in [1.165, 1.54) is 0 Å². The van der Waals surface area contributed by atoms with Crippen LogP contribution in [0.5, 0.6) is 0 Å². The van der Waals surface area contributed by atoms with Crippen LogP contribution in [0.15, 0.2) is 36.4 Å². The molecule has 0 radical (unpaired) electrons. The molecule has 1 aromatic heterocycles. The van der Waals surface area contributed by atoms with Crippen LogP contribution < -0.4 is 15.1 Å². The molecule has 0 spiro atoms. The van der Waals surface area contributed by atoms with Gasteiger partial charge in [-0.05, 0) is 50.2 Å². The number of hydrogen-bond donors (Lipinski definition) is 1. The zero-order valence-corrected chi connectivity index (χ0v) is 17.3. The predicted molar refractivity (Wildman–Crippen MR) is 114 cm³/mol. The van der Waals surface area contributed by atoms with E-state index in [0.29, 0.717) is 32.0 Å². The van der Waals surface area contributed by atoms with E-state index in [-0.39, 0.29) is 17.5 Å². The van der Waals surface area contributed by atoms with Crippen LogP contribution >= 0.6 is 0 Å². The highest BCUT2D eigenvalue weighted by molar-refractivity contribution is 6.02. The Labute approximate surface area is 171 Å². The Morgan fingerprint density at radius 2 is 1.62 bits per heavy atom. The highest BCUT2D eigenvalue weighted by atomic mass is 16.2. The summed E-state index contributed by atoms with van der Waals surface area (Å²) in [6.07, 6.45) is 0. The van der Waals surface area contributed by atoms with E-state index in [4.69, 9.17) is 0 Å². The number of nitrogens with one attached hydrogen (secondary N) is 1. The van der Waals surface area contributed by atoms with E-state index in [1.54, 1.807) is 19.1 Å². The highest BCUT2D eigenvalue weighted by Crippen LogP contribution is 2.18. The molecule has 1 saturated heterocycles. The van der Waals surface area contributed by atoms with Crippen LogP contribution in [0.3, 0.4) is 0 Å². The first-order valence-corrected chi connectivity index (χ1v) is 10.0. The van der Waals surface area contributed by atoms with Gasteiger partial charge in [-0.1, -0.05) is 0 Å². The molecule has 29 heavy (non-hydrogen) atoms. The molecule has 0 aliphatic carbocycles. The van der Waals surface area contributed by atoms with Crippen LogP contribution in [0.2, 0.25) is 0 Å². The van der Waals surface area contributed by atoms with Crippen molar-refractivity contribution in [2.45, 2.75) is 20.8 Å². The second-order valence-corrected chi connectivity index (χ2v) is 6.94. The van der Waals surface area contributed by atoms with Crippen molar-refractivity contribution in [3.8, 4) is 0 Å². The fraction of sp³-hybridized carbons (Fsp3) is 0.429. The van der Waals surface area contributed by atoms with Crippen LogP contribution in [-0.2, 0) is 4.79 Å². The number of rotatable bonds is 6. The quantitative estimate of drug-likeness (QED) is 0.807. The number of piperazine rings is 1. The summed E-state index contributed by atoms with van der Waals surface area (Å²) in [5, 5.41) is 11.1. The van der Waals surface area contributed by atoms with Crippen molar-refractivity contribution < 1.29 is 9.59 Å². The molecule has 1 N–H and O–H groups in total. The summed E-state index contributed by atoms with van der Waals surface area (Å²) in [4.78, 5) is 30.0. The van der Waals surface area contributed by atoms with Gasteiger partial charge in [0, 0.05) is 57.6 Å². The third-order valence-corrected chi connectivity index (χ3v) is 5.19. The van der Waals surface area contributed by atoms with Crippen molar-refractivity contribution in [3.05, 3.63) is 42.1 Å². The van der Waals surface area contributed by atoms with Gasteiger partial charge >= 0.3 is 0 Å². The lowest BCUT2D eigenvalue weighted by Crippen LogP contribution is -2.48. The number of amides is 2. The molecule has 1 aliphatic rings. The van der Waals surface area contributed by atoms with Gasteiger partial charge in [0.05, 0.1) is 0 Å². The van der Waals surface area contributed by atoms with E-state index in [9.17, 15) is 9.59 Å². The summed E-state index contributed by atoms with van der Waals surface area (Å²) in [6, 6.07) is 11.3. The van der Waals surface area contributed by atoms with E-state index in [1.807, 2.05) is 29.2 Å². The zero-order chi connectivity index (χ0) is 20.8. The third kappa shape index (κ3) is 5.01. The van der Waals surface area contributed by atoms with Crippen molar-refractivity contribution >= 4 is 29.0 Å². The fourth-order valence-electron chi connectivity index (χ4n) is 3.40. The SMILES string of the molecule is CCN(CC)c1ccc(NC(=O)c2ccc(N3CCN(C(C)=O)CC3)nn2)cc1. The molecular weight excluding hydrogens is 368 g/mol. The number of carbonyl (C=O) groups excluding carboxylic acids is 2. The molecule has 1 fully saturated rings. The van der Waals surface area contributed by atoms with E-state index < -0.39 is 0 Å². The van der Waals surface area contributed by atoms with Crippen LogP contribution in [0.1, 0.15) is 31.3 Å². The highest BCUT2D eigenvalue weighted by Gasteiger charge is 2.20. The lowest BCUT2D eigenvalue weighted by atomic mass is 10.2. The maximum atomic E-state index is 12.5. The molecular formula is C21H28N6O2. The largest absolute Gasteiger partial charge is 0.372 e. The number of carbonyl (C=O) groups is 2. The van der Waals surface area contributed by atoms with Crippen molar-refractivity contribution in [2.75, 3.05) is 54.4 Å². The molecule has 2 amide bonds. The molecule has 154 valence electrons. The van der Waals surface area contributed by atoms with Crippen molar-refractivity contribution in [1.82, 2.24) is 15.1 Å². The lowest BCUT2D eigenvalue weighted by Gasteiger charge is -2.34. The molecule has 0 unspecified atom stereocenters. The average Bonchev–Trinajstić information content (AvgIpc) is 2.76. The molecule has 2 heterocycles. The molecule has 8 heteroatoms. The maximum Gasteiger partial charge on any atom is 0.276 e. The van der Waals surface area contributed by atoms with Crippen LogP contribution in [0.4, 0.5) is 17.2 Å². The minimum atomic E-state index is -0.291. The Bertz CT molecular complexity index is 825. The Balaban J connectivity index is 1.58. The summed E-state index contributed by atoms with van der Waals surface area (Å²) in [6.45, 7) is 10.4. The van der Waals surface area contributed by atoms with E-state index >= 15 is 0 Å². The summed E-state index contributed by atoms with van der Waals surface area (Å²) >= 11 is 0. The maximum absolute atomic E-state index is 12.5. The summed E-state index contributed by atoms with van der Waals surface area (Å²) < 4.78 is 0. The minimum absolute atomic E-state index is 0.0906. The minimum Gasteiger partial charge on any atom is -0.372 e. The topological polar surface area (TPSA) is 81.7 Å². The first-order chi connectivity index (χ1) is 14.0. The summed E-state index contributed by atoms with van der Waals surface area (Å²) in [5.74, 6) is 0.516. The summed E-state index contributed by atoms with van der Waals surface area (Å²) in [5.41, 5.74) is 2.11. The molecule has 1 aliphatic heterocycles. The molecule has 0 bridgehead atoms. The number of nitrogens with zero attached hydrogens (tertiary/aromatic N) is 5. The van der Waals surface area contributed by atoms with Crippen LogP contribution in [-0.4, -0.2) is 66.2 Å².